The van der Waals surface area contributed by atoms with Crippen LogP contribution in [0.3, 0.4) is 0 Å². The molecule has 0 saturated carbocycles. The highest BCUT2D eigenvalue weighted by Gasteiger charge is 2.36. The molecule has 0 amide bonds. The number of methoxy groups -OCH3 is 1. The number of hydrogen-bond donors (Lipinski definition) is 1. The Morgan fingerprint density at radius 1 is 1.21 bits per heavy atom. The molecule has 1 aromatic heterocycles. The second-order valence-electron chi connectivity index (χ2n) is 5.67. The Hall–Kier alpha value is -1.67. The molecule has 8 heteroatoms. The highest BCUT2D eigenvalue weighted by molar-refractivity contribution is 7.89. The predicted molar refractivity (Wildman–Crippen MR) is 91.3 cm³/mol. The molecule has 0 aliphatic carbocycles. The average molecular weight is 371 g/mol. The van der Waals surface area contributed by atoms with E-state index >= 15 is 0 Å². The normalized spacial score (nSPS) is 12.4. The summed E-state index contributed by atoms with van der Waals surface area (Å²) in [6, 6.07) is 9.70. The van der Waals surface area contributed by atoms with Gasteiger partial charge in [0.05, 0.1) is 7.11 Å². The number of sulfonamides is 1. The minimum atomic E-state index is -3.96. The Morgan fingerprint density at radius 3 is 2.29 bits per heavy atom. The van der Waals surface area contributed by atoms with Crippen molar-refractivity contribution in [1.29, 1.82) is 0 Å². The molecule has 2 aromatic rings. The lowest BCUT2D eigenvalue weighted by Crippen LogP contribution is -2.46. The maximum Gasteiger partial charge on any atom is 0.247 e. The molecule has 0 atom stereocenters. The van der Waals surface area contributed by atoms with E-state index < -0.39 is 15.7 Å². The zero-order valence-corrected chi connectivity index (χ0v) is 15.2. The van der Waals surface area contributed by atoms with Crippen molar-refractivity contribution in [3.63, 3.8) is 0 Å². The SMILES string of the molecule is COc1ccc(CN(C(C)(C)O)S(=O)(=O)c2ccc(Cl)nc2)cc1. The van der Waals surface area contributed by atoms with Crippen molar-refractivity contribution in [3.8, 4) is 5.75 Å². The Morgan fingerprint density at radius 2 is 1.83 bits per heavy atom. The van der Waals surface area contributed by atoms with Crippen LogP contribution in [-0.2, 0) is 16.6 Å². The van der Waals surface area contributed by atoms with E-state index in [1.165, 1.54) is 32.2 Å². The number of hydrogen-bond acceptors (Lipinski definition) is 5. The van der Waals surface area contributed by atoms with Crippen LogP contribution in [-0.4, -0.2) is 35.6 Å². The number of nitrogens with zero attached hydrogens (tertiary/aromatic N) is 2. The monoisotopic (exact) mass is 370 g/mol. The van der Waals surface area contributed by atoms with E-state index in [-0.39, 0.29) is 16.6 Å². The summed E-state index contributed by atoms with van der Waals surface area (Å²) in [5.74, 6) is 0.665. The Balaban J connectivity index is 2.39. The molecule has 0 spiro atoms. The number of aliphatic hydroxyl groups is 1. The third-order valence-corrected chi connectivity index (χ3v) is 5.60. The summed E-state index contributed by atoms with van der Waals surface area (Å²) in [7, 11) is -2.41. The van der Waals surface area contributed by atoms with Gasteiger partial charge >= 0.3 is 0 Å². The lowest BCUT2D eigenvalue weighted by atomic mass is 10.2. The van der Waals surface area contributed by atoms with Crippen LogP contribution in [0.15, 0.2) is 47.5 Å². The molecular weight excluding hydrogens is 352 g/mol. The lowest BCUT2D eigenvalue weighted by molar-refractivity contribution is -0.0304. The fraction of sp³-hybridized carbons (Fsp3) is 0.312. The van der Waals surface area contributed by atoms with Crippen molar-refractivity contribution >= 4 is 21.6 Å². The van der Waals surface area contributed by atoms with Crippen molar-refractivity contribution in [2.45, 2.75) is 31.0 Å². The minimum absolute atomic E-state index is 0.00153. The van der Waals surface area contributed by atoms with Gasteiger partial charge in [0.15, 0.2) is 0 Å². The van der Waals surface area contributed by atoms with E-state index in [1.807, 2.05) is 0 Å². The van der Waals surface area contributed by atoms with Gasteiger partial charge in [-0.3, -0.25) is 0 Å². The van der Waals surface area contributed by atoms with Crippen molar-refractivity contribution in [3.05, 3.63) is 53.3 Å². The zero-order valence-electron chi connectivity index (χ0n) is 13.6. The van der Waals surface area contributed by atoms with E-state index in [9.17, 15) is 13.5 Å². The molecule has 0 fully saturated rings. The number of benzene rings is 1. The second-order valence-corrected chi connectivity index (χ2v) is 7.92. The van der Waals surface area contributed by atoms with Gasteiger partial charge in [0.1, 0.15) is 21.5 Å². The van der Waals surface area contributed by atoms with Crippen LogP contribution in [0.4, 0.5) is 0 Å². The second kappa shape index (κ2) is 7.06. The number of rotatable bonds is 6. The summed E-state index contributed by atoms with van der Waals surface area (Å²) in [5, 5.41) is 10.6. The third-order valence-electron chi connectivity index (χ3n) is 3.38. The first-order valence-electron chi connectivity index (χ1n) is 7.14. The largest absolute Gasteiger partial charge is 0.497 e. The Labute approximate surface area is 146 Å². The molecule has 0 radical (unpaired) electrons. The van der Waals surface area contributed by atoms with Gasteiger partial charge in [-0.1, -0.05) is 23.7 Å². The van der Waals surface area contributed by atoms with Gasteiger partial charge < -0.3 is 9.84 Å². The predicted octanol–water partition coefficient (Wildman–Crippen LogP) is 2.66. The van der Waals surface area contributed by atoms with Gasteiger partial charge in [-0.15, -0.1) is 0 Å². The van der Waals surface area contributed by atoms with E-state index in [0.717, 1.165) is 4.31 Å². The van der Waals surface area contributed by atoms with Crippen LogP contribution in [0.25, 0.3) is 0 Å². The smallest absolute Gasteiger partial charge is 0.247 e. The fourth-order valence-electron chi connectivity index (χ4n) is 2.11. The van der Waals surface area contributed by atoms with Crippen molar-refractivity contribution in [2.24, 2.45) is 0 Å². The van der Waals surface area contributed by atoms with Crippen molar-refractivity contribution < 1.29 is 18.3 Å². The molecular formula is C16H19ClN2O4S. The molecule has 2 rings (SSSR count). The van der Waals surface area contributed by atoms with Crippen LogP contribution in [0.2, 0.25) is 5.15 Å². The molecule has 0 bridgehead atoms. The van der Waals surface area contributed by atoms with Gasteiger partial charge in [-0.05, 0) is 43.7 Å². The van der Waals surface area contributed by atoms with E-state index in [4.69, 9.17) is 16.3 Å². The van der Waals surface area contributed by atoms with Gasteiger partial charge in [-0.25, -0.2) is 13.4 Å². The number of aromatic nitrogens is 1. The van der Waals surface area contributed by atoms with Crippen molar-refractivity contribution in [2.75, 3.05) is 7.11 Å². The first kappa shape index (κ1) is 18.7. The molecule has 0 unspecified atom stereocenters. The molecule has 6 nitrogen and oxygen atoms in total. The molecule has 1 heterocycles. The standard InChI is InChI=1S/C16H19ClN2O4S/c1-16(2,20)19(11-12-4-6-13(23-3)7-5-12)24(21,22)14-8-9-15(17)18-10-14/h4-10,20H,11H2,1-3H3. The molecule has 0 saturated heterocycles. The topological polar surface area (TPSA) is 79.7 Å². The van der Waals surface area contributed by atoms with Crippen LogP contribution >= 0.6 is 11.6 Å². The first-order chi connectivity index (χ1) is 11.1. The zero-order chi connectivity index (χ0) is 18.0. The summed E-state index contributed by atoms with van der Waals surface area (Å²) in [6.07, 6.45) is 1.17. The highest BCUT2D eigenvalue weighted by Crippen LogP contribution is 2.26. The summed E-state index contributed by atoms with van der Waals surface area (Å²) < 4.78 is 31.8. The number of pyridine rings is 1. The quantitative estimate of drug-likeness (QED) is 0.624. The first-order valence-corrected chi connectivity index (χ1v) is 8.96. The van der Waals surface area contributed by atoms with Gasteiger partial charge in [0, 0.05) is 12.7 Å². The summed E-state index contributed by atoms with van der Waals surface area (Å²) in [6.45, 7) is 2.83. The summed E-state index contributed by atoms with van der Waals surface area (Å²) in [4.78, 5) is 3.76. The van der Waals surface area contributed by atoms with E-state index in [1.54, 1.807) is 31.4 Å². The summed E-state index contributed by atoms with van der Waals surface area (Å²) in [5.41, 5.74) is -0.887. The molecule has 130 valence electrons. The maximum atomic E-state index is 12.9. The van der Waals surface area contributed by atoms with Gasteiger partial charge in [-0.2, -0.15) is 4.31 Å². The van der Waals surface area contributed by atoms with Crippen LogP contribution in [0.1, 0.15) is 19.4 Å². The third kappa shape index (κ3) is 4.24. The molecule has 24 heavy (non-hydrogen) atoms. The van der Waals surface area contributed by atoms with E-state index in [0.29, 0.717) is 11.3 Å². The molecule has 0 aliphatic rings. The Bertz CT molecular complexity index is 784. The van der Waals surface area contributed by atoms with Crippen LogP contribution in [0, 0.1) is 0 Å². The van der Waals surface area contributed by atoms with Crippen molar-refractivity contribution in [1.82, 2.24) is 9.29 Å². The highest BCUT2D eigenvalue weighted by atomic mass is 35.5. The fourth-order valence-corrected chi connectivity index (χ4v) is 3.81. The van der Waals surface area contributed by atoms with Gasteiger partial charge in [0.25, 0.3) is 0 Å². The minimum Gasteiger partial charge on any atom is -0.497 e. The lowest BCUT2D eigenvalue weighted by Gasteiger charge is -2.33. The summed E-state index contributed by atoms with van der Waals surface area (Å²) >= 11 is 5.71. The molecule has 1 aromatic carbocycles. The van der Waals surface area contributed by atoms with Crippen LogP contribution < -0.4 is 4.74 Å². The molecule has 1 N–H and O–H groups in total. The molecule has 0 aliphatic heterocycles. The Kier molecular flexibility index (Phi) is 5.49. The van der Waals surface area contributed by atoms with E-state index in [2.05, 4.69) is 4.98 Å². The number of halogens is 1. The average Bonchev–Trinajstić information content (AvgIpc) is 2.52. The number of ether oxygens (including phenoxy) is 1. The van der Waals surface area contributed by atoms with Gasteiger partial charge in [0.2, 0.25) is 10.0 Å². The van der Waals surface area contributed by atoms with Crippen LogP contribution in [0.5, 0.6) is 5.75 Å². The maximum absolute atomic E-state index is 12.9.